The van der Waals surface area contributed by atoms with Gasteiger partial charge in [-0.2, -0.15) is 5.10 Å². The smallest absolute Gasteiger partial charge is 0.263 e. The van der Waals surface area contributed by atoms with Crippen LogP contribution in [0.5, 0.6) is 0 Å². The summed E-state index contributed by atoms with van der Waals surface area (Å²) in [7, 11) is 0. The number of carbonyl (C=O) groups is 1. The van der Waals surface area contributed by atoms with Crippen molar-refractivity contribution in [1.29, 1.82) is 0 Å². The SMILES string of the molecule is Cc1ccc(C(=O)N2CC(c3nc(C(C)C)n[nH]3)C3(CCCC3)C2)s1. The van der Waals surface area contributed by atoms with E-state index in [4.69, 9.17) is 4.98 Å². The number of likely N-dealkylation sites (tertiary alicyclic amines) is 1. The van der Waals surface area contributed by atoms with Crippen LogP contribution in [0.4, 0.5) is 0 Å². The van der Waals surface area contributed by atoms with Crippen LogP contribution in [-0.4, -0.2) is 39.1 Å². The highest BCUT2D eigenvalue weighted by Crippen LogP contribution is 2.53. The van der Waals surface area contributed by atoms with Gasteiger partial charge in [-0.05, 0) is 37.3 Å². The van der Waals surface area contributed by atoms with E-state index in [1.54, 1.807) is 11.3 Å². The van der Waals surface area contributed by atoms with Crippen molar-refractivity contribution in [2.24, 2.45) is 5.41 Å². The summed E-state index contributed by atoms with van der Waals surface area (Å²) in [4.78, 5) is 21.9. The first-order valence-electron chi connectivity index (χ1n) is 9.26. The number of hydrogen-bond donors (Lipinski definition) is 1. The second-order valence-corrected chi connectivity index (χ2v) is 9.24. The van der Waals surface area contributed by atoms with E-state index in [0.717, 1.165) is 29.6 Å². The van der Waals surface area contributed by atoms with Gasteiger partial charge in [0.25, 0.3) is 5.91 Å². The van der Waals surface area contributed by atoms with Crippen LogP contribution >= 0.6 is 11.3 Å². The molecule has 1 unspecified atom stereocenters. The Balaban J connectivity index is 1.62. The third-order valence-electron chi connectivity index (χ3n) is 5.85. The first-order chi connectivity index (χ1) is 12.0. The molecule has 0 aromatic carbocycles. The summed E-state index contributed by atoms with van der Waals surface area (Å²) < 4.78 is 0. The van der Waals surface area contributed by atoms with E-state index in [2.05, 4.69) is 35.9 Å². The van der Waals surface area contributed by atoms with Crippen molar-refractivity contribution in [3.8, 4) is 0 Å². The Kier molecular flexibility index (Phi) is 4.18. The average molecular weight is 359 g/mol. The highest BCUT2D eigenvalue weighted by molar-refractivity contribution is 7.13. The van der Waals surface area contributed by atoms with Crippen LogP contribution in [0.2, 0.25) is 0 Å². The van der Waals surface area contributed by atoms with Crippen molar-refractivity contribution < 1.29 is 4.79 Å². The molecule has 2 aliphatic rings. The van der Waals surface area contributed by atoms with Crippen molar-refractivity contribution in [2.45, 2.75) is 58.3 Å². The first-order valence-corrected chi connectivity index (χ1v) is 10.1. The van der Waals surface area contributed by atoms with Gasteiger partial charge in [-0.15, -0.1) is 11.3 Å². The van der Waals surface area contributed by atoms with Crippen LogP contribution in [0.15, 0.2) is 12.1 Å². The minimum atomic E-state index is 0.176. The Hall–Kier alpha value is -1.69. The fraction of sp³-hybridized carbons (Fsp3) is 0.632. The zero-order valence-electron chi connectivity index (χ0n) is 15.2. The van der Waals surface area contributed by atoms with Crippen LogP contribution in [0.1, 0.15) is 77.6 Å². The van der Waals surface area contributed by atoms with Gasteiger partial charge in [-0.25, -0.2) is 4.98 Å². The molecule has 5 nitrogen and oxygen atoms in total. The molecular weight excluding hydrogens is 332 g/mol. The van der Waals surface area contributed by atoms with E-state index in [1.807, 2.05) is 12.1 Å². The minimum Gasteiger partial charge on any atom is -0.337 e. The van der Waals surface area contributed by atoms with Crippen molar-refractivity contribution in [2.75, 3.05) is 13.1 Å². The Labute approximate surface area is 152 Å². The van der Waals surface area contributed by atoms with Crippen molar-refractivity contribution in [3.05, 3.63) is 33.5 Å². The second-order valence-electron chi connectivity index (χ2n) is 7.95. The van der Waals surface area contributed by atoms with Gasteiger partial charge < -0.3 is 4.90 Å². The second kappa shape index (κ2) is 6.24. The normalized spacial score (nSPS) is 22.4. The summed E-state index contributed by atoms with van der Waals surface area (Å²) in [6, 6.07) is 3.99. The zero-order chi connectivity index (χ0) is 17.6. The van der Waals surface area contributed by atoms with Gasteiger partial charge in [0.05, 0.1) is 4.88 Å². The largest absolute Gasteiger partial charge is 0.337 e. The van der Waals surface area contributed by atoms with Crippen LogP contribution in [0, 0.1) is 12.3 Å². The minimum absolute atomic E-state index is 0.176. The molecule has 1 aliphatic heterocycles. The highest BCUT2D eigenvalue weighted by Gasteiger charge is 2.51. The van der Waals surface area contributed by atoms with Gasteiger partial charge in [0, 0.05) is 29.8 Å². The molecule has 0 bridgehead atoms. The zero-order valence-corrected chi connectivity index (χ0v) is 16.0. The van der Waals surface area contributed by atoms with E-state index < -0.39 is 0 Å². The third-order valence-corrected chi connectivity index (χ3v) is 6.84. The fourth-order valence-electron chi connectivity index (χ4n) is 4.49. The quantitative estimate of drug-likeness (QED) is 0.898. The van der Waals surface area contributed by atoms with E-state index in [-0.39, 0.29) is 17.2 Å². The Morgan fingerprint density at radius 3 is 2.72 bits per heavy atom. The number of aromatic nitrogens is 3. The molecule has 2 fully saturated rings. The number of amides is 1. The Morgan fingerprint density at radius 2 is 2.12 bits per heavy atom. The molecular formula is C19H26N4OS. The topological polar surface area (TPSA) is 61.9 Å². The molecule has 6 heteroatoms. The number of H-pyrrole nitrogens is 1. The molecule has 2 aromatic rings. The van der Waals surface area contributed by atoms with Crippen LogP contribution in [0.25, 0.3) is 0 Å². The lowest BCUT2D eigenvalue weighted by molar-refractivity contribution is 0.0778. The molecule has 1 spiro atoms. The number of aromatic amines is 1. The molecule has 134 valence electrons. The van der Waals surface area contributed by atoms with Gasteiger partial charge in [0.15, 0.2) is 5.82 Å². The molecule has 1 amide bonds. The molecule has 3 heterocycles. The molecule has 2 aromatic heterocycles. The monoisotopic (exact) mass is 358 g/mol. The number of nitrogens with zero attached hydrogens (tertiary/aromatic N) is 3. The average Bonchev–Trinajstić information content (AvgIpc) is 3.34. The Bertz CT molecular complexity index is 772. The summed E-state index contributed by atoms with van der Waals surface area (Å²) in [6.07, 6.45) is 4.87. The molecule has 1 atom stereocenters. The Morgan fingerprint density at radius 1 is 1.36 bits per heavy atom. The summed E-state index contributed by atoms with van der Waals surface area (Å²) in [5.74, 6) is 2.62. The summed E-state index contributed by atoms with van der Waals surface area (Å²) in [6.45, 7) is 7.88. The summed E-state index contributed by atoms with van der Waals surface area (Å²) in [5, 5.41) is 7.60. The van der Waals surface area contributed by atoms with Crippen LogP contribution < -0.4 is 0 Å². The van der Waals surface area contributed by atoms with Crippen molar-refractivity contribution in [3.63, 3.8) is 0 Å². The number of carbonyl (C=O) groups excluding carboxylic acids is 1. The first kappa shape index (κ1) is 16.8. The maximum atomic E-state index is 13.0. The lowest BCUT2D eigenvalue weighted by Gasteiger charge is -2.28. The fourth-order valence-corrected chi connectivity index (χ4v) is 5.33. The number of rotatable bonds is 3. The standard InChI is InChI=1S/C19H26N4OS/c1-12(2)16-20-17(22-21-16)14-10-23(11-19(14)8-4-5-9-19)18(24)15-7-6-13(3)25-15/h6-7,12,14H,4-5,8-11H2,1-3H3,(H,20,21,22). The maximum Gasteiger partial charge on any atom is 0.263 e. The number of thiophene rings is 1. The van der Waals surface area contributed by atoms with Crippen molar-refractivity contribution in [1.82, 2.24) is 20.1 Å². The van der Waals surface area contributed by atoms with Gasteiger partial charge in [0.2, 0.25) is 0 Å². The molecule has 1 N–H and O–H groups in total. The molecule has 1 aliphatic carbocycles. The predicted octanol–water partition coefficient (Wildman–Crippen LogP) is 4.10. The van der Waals surface area contributed by atoms with E-state index in [1.165, 1.54) is 30.6 Å². The lowest BCUT2D eigenvalue weighted by atomic mass is 9.76. The van der Waals surface area contributed by atoms with Gasteiger partial charge in [-0.3, -0.25) is 9.89 Å². The number of nitrogens with one attached hydrogen (secondary N) is 1. The van der Waals surface area contributed by atoms with Crippen LogP contribution in [0.3, 0.4) is 0 Å². The molecule has 4 rings (SSSR count). The van der Waals surface area contributed by atoms with Gasteiger partial charge >= 0.3 is 0 Å². The molecule has 1 saturated heterocycles. The highest BCUT2D eigenvalue weighted by atomic mass is 32.1. The van der Waals surface area contributed by atoms with E-state index in [9.17, 15) is 4.79 Å². The molecule has 25 heavy (non-hydrogen) atoms. The van der Waals surface area contributed by atoms with Crippen molar-refractivity contribution >= 4 is 17.2 Å². The lowest BCUT2D eigenvalue weighted by Crippen LogP contribution is -2.30. The van der Waals surface area contributed by atoms with E-state index in [0.29, 0.717) is 5.92 Å². The summed E-state index contributed by atoms with van der Waals surface area (Å²) in [5.41, 5.74) is 0.176. The number of aryl methyl sites for hydroxylation is 1. The van der Waals surface area contributed by atoms with Gasteiger partial charge in [-0.1, -0.05) is 26.7 Å². The number of hydrogen-bond acceptors (Lipinski definition) is 4. The molecule has 0 radical (unpaired) electrons. The third kappa shape index (κ3) is 2.90. The molecule has 1 saturated carbocycles. The van der Waals surface area contributed by atoms with E-state index >= 15 is 0 Å². The van der Waals surface area contributed by atoms with Crippen LogP contribution in [-0.2, 0) is 0 Å². The maximum absolute atomic E-state index is 13.0. The predicted molar refractivity (Wildman–Crippen MR) is 99.1 cm³/mol. The van der Waals surface area contributed by atoms with Gasteiger partial charge in [0.1, 0.15) is 5.82 Å². The summed E-state index contributed by atoms with van der Waals surface area (Å²) >= 11 is 1.59.